The van der Waals surface area contributed by atoms with Crippen LogP contribution >= 0.6 is 0 Å². The summed E-state index contributed by atoms with van der Waals surface area (Å²) >= 11 is 0. The maximum atomic E-state index is 13.9. The lowest BCUT2D eigenvalue weighted by Gasteiger charge is -2.10. The van der Waals surface area contributed by atoms with E-state index in [0.717, 1.165) is 16.8 Å². The monoisotopic (exact) mass is 385 g/mol. The van der Waals surface area contributed by atoms with Crippen molar-refractivity contribution < 1.29 is 27.8 Å². The van der Waals surface area contributed by atoms with Crippen molar-refractivity contribution in [3.05, 3.63) is 65.5 Å². The van der Waals surface area contributed by atoms with Gasteiger partial charge in [0.1, 0.15) is 11.5 Å². The zero-order chi connectivity index (χ0) is 19.8. The van der Waals surface area contributed by atoms with Crippen LogP contribution in [0.3, 0.4) is 0 Å². The second kappa shape index (κ2) is 6.76. The van der Waals surface area contributed by atoms with E-state index in [1.165, 1.54) is 37.5 Å². The third-order valence-electron chi connectivity index (χ3n) is 4.14. The van der Waals surface area contributed by atoms with E-state index in [1.807, 2.05) is 0 Å². The molecule has 1 aromatic heterocycles. The van der Waals surface area contributed by atoms with Gasteiger partial charge >= 0.3 is 0 Å². The Labute approximate surface area is 157 Å². The fraction of sp³-hybridized carbons (Fsp3) is 0.105. The van der Waals surface area contributed by atoms with Gasteiger partial charge in [0.2, 0.25) is 6.79 Å². The van der Waals surface area contributed by atoms with Gasteiger partial charge in [-0.3, -0.25) is 9.59 Å². The molecule has 0 fully saturated rings. The normalized spacial score (nSPS) is 12.1. The quantitative estimate of drug-likeness (QED) is 0.697. The fourth-order valence-electron chi connectivity index (χ4n) is 2.77. The molecule has 0 bridgehead atoms. The van der Waals surface area contributed by atoms with Crippen molar-refractivity contribution in [1.82, 2.24) is 9.78 Å². The average Bonchev–Trinajstić information content (AvgIpc) is 3.29. The molecule has 3 aromatic rings. The first-order valence-corrected chi connectivity index (χ1v) is 8.18. The molecule has 28 heavy (non-hydrogen) atoms. The van der Waals surface area contributed by atoms with Crippen molar-refractivity contribution in [3.8, 4) is 17.2 Å². The summed E-state index contributed by atoms with van der Waals surface area (Å²) in [5.41, 5.74) is 0.626. The summed E-state index contributed by atoms with van der Waals surface area (Å²) in [6, 6.07) is 6.03. The van der Waals surface area contributed by atoms with Crippen molar-refractivity contribution in [3.63, 3.8) is 0 Å². The van der Waals surface area contributed by atoms with E-state index >= 15 is 0 Å². The first-order chi connectivity index (χ1) is 13.4. The SMILES string of the molecule is CC(=O)c1cc2c(cc1NC(=O)c1cnn(-c3ccc(F)cc3F)c1)OCO2. The van der Waals surface area contributed by atoms with Crippen molar-refractivity contribution in [2.24, 2.45) is 0 Å². The van der Waals surface area contributed by atoms with E-state index in [4.69, 9.17) is 9.47 Å². The average molecular weight is 385 g/mol. The molecule has 1 N–H and O–H groups in total. The second-order valence-electron chi connectivity index (χ2n) is 6.03. The van der Waals surface area contributed by atoms with Crippen LogP contribution in [0.5, 0.6) is 11.5 Å². The number of benzene rings is 2. The Morgan fingerprint density at radius 1 is 1.14 bits per heavy atom. The maximum absolute atomic E-state index is 13.9. The third-order valence-corrected chi connectivity index (χ3v) is 4.14. The molecule has 2 aromatic carbocycles. The van der Waals surface area contributed by atoms with Crippen LogP contribution in [-0.4, -0.2) is 28.3 Å². The number of ketones is 1. The smallest absolute Gasteiger partial charge is 0.258 e. The number of nitrogens with zero attached hydrogens (tertiary/aromatic N) is 2. The molecule has 0 atom stereocenters. The predicted molar refractivity (Wildman–Crippen MR) is 94.0 cm³/mol. The highest BCUT2D eigenvalue weighted by molar-refractivity contribution is 6.09. The van der Waals surface area contributed by atoms with Gasteiger partial charge in [-0.15, -0.1) is 0 Å². The van der Waals surface area contributed by atoms with Crippen molar-refractivity contribution >= 4 is 17.4 Å². The summed E-state index contributed by atoms with van der Waals surface area (Å²) < 4.78 is 38.6. The molecule has 142 valence electrons. The van der Waals surface area contributed by atoms with Crippen LogP contribution in [-0.2, 0) is 0 Å². The number of anilines is 1. The van der Waals surface area contributed by atoms with E-state index in [9.17, 15) is 18.4 Å². The highest BCUT2D eigenvalue weighted by Crippen LogP contribution is 2.37. The summed E-state index contributed by atoms with van der Waals surface area (Å²) in [4.78, 5) is 24.5. The van der Waals surface area contributed by atoms with E-state index in [0.29, 0.717) is 11.5 Å². The summed E-state index contributed by atoms with van der Waals surface area (Å²) in [6.07, 6.45) is 2.53. The van der Waals surface area contributed by atoms with Gasteiger partial charge < -0.3 is 14.8 Å². The van der Waals surface area contributed by atoms with E-state index < -0.39 is 17.5 Å². The van der Waals surface area contributed by atoms with Crippen LogP contribution in [0, 0.1) is 11.6 Å². The number of Topliss-reactive ketones (excluding diaryl/α,β-unsaturated/α-hetero) is 1. The van der Waals surface area contributed by atoms with Gasteiger partial charge in [0, 0.05) is 23.9 Å². The van der Waals surface area contributed by atoms with Crippen molar-refractivity contribution in [2.45, 2.75) is 6.92 Å². The van der Waals surface area contributed by atoms with Crippen LogP contribution in [0.2, 0.25) is 0 Å². The molecule has 1 aliphatic heterocycles. The highest BCUT2D eigenvalue weighted by Gasteiger charge is 2.21. The first-order valence-electron chi connectivity index (χ1n) is 8.18. The Bertz CT molecular complexity index is 1110. The number of nitrogens with one attached hydrogen (secondary N) is 1. The lowest BCUT2D eigenvalue weighted by molar-refractivity contribution is 0.101. The minimum atomic E-state index is -0.815. The Morgan fingerprint density at radius 3 is 2.61 bits per heavy atom. The summed E-state index contributed by atoms with van der Waals surface area (Å²) in [5, 5.41) is 6.56. The van der Waals surface area contributed by atoms with Crippen LogP contribution in [0.4, 0.5) is 14.5 Å². The zero-order valence-electron chi connectivity index (χ0n) is 14.5. The number of carbonyl (C=O) groups excluding carboxylic acids is 2. The zero-order valence-corrected chi connectivity index (χ0v) is 14.5. The third kappa shape index (κ3) is 3.18. The van der Waals surface area contributed by atoms with Crippen LogP contribution in [0.25, 0.3) is 5.69 Å². The Kier molecular flexibility index (Phi) is 4.26. The van der Waals surface area contributed by atoms with E-state index in [2.05, 4.69) is 10.4 Å². The molecule has 0 saturated heterocycles. The molecule has 0 radical (unpaired) electrons. The molecular formula is C19H13F2N3O4. The fourth-order valence-corrected chi connectivity index (χ4v) is 2.77. The molecule has 0 aliphatic carbocycles. The number of hydrogen-bond donors (Lipinski definition) is 1. The van der Waals surface area contributed by atoms with Crippen molar-refractivity contribution in [1.29, 1.82) is 0 Å². The molecule has 0 spiro atoms. The first kappa shape index (κ1) is 17.7. The van der Waals surface area contributed by atoms with E-state index in [1.54, 1.807) is 0 Å². The van der Waals surface area contributed by atoms with Crippen LogP contribution in [0.1, 0.15) is 27.6 Å². The second-order valence-corrected chi connectivity index (χ2v) is 6.03. The van der Waals surface area contributed by atoms with Crippen LogP contribution in [0.15, 0.2) is 42.7 Å². The number of amides is 1. The van der Waals surface area contributed by atoms with Gasteiger partial charge in [0.05, 0.1) is 17.4 Å². The molecule has 7 nitrogen and oxygen atoms in total. The predicted octanol–water partition coefficient (Wildman–Crippen LogP) is 3.33. The van der Waals surface area contributed by atoms with Gasteiger partial charge in [0.15, 0.2) is 23.1 Å². The molecule has 9 heteroatoms. The van der Waals surface area contributed by atoms with Gasteiger partial charge in [-0.2, -0.15) is 5.10 Å². The largest absolute Gasteiger partial charge is 0.454 e. The Morgan fingerprint density at radius 2 is 1.89 bits per heavy atom. The van der Waals surface area contributed by atoms with Crippen molar-refractivity contribution in [2.75, 3.05) is 12.1 Å². The molecule has 1 amide bonds. The van der Waals surface area contributed by atoms with E-state index in [-0.39, 0.29) is 35.1 Å². The van der Waals surface area contributed by atoms with Gasteiger partial charge in [0.25, 0.3) is 5.91 Å². The molecular weight excluding hydrogens is 372 g/mol. The summed E-state index contributed by atoms with van der Waals surface area (Å²) in [7, 11) is 0. The number of ether oxygens (including phenoxy) is 2. The molecule has 0 saturated carbocycles. The lowest BCUT2D eigenvalue weighted by Crippen LogP contribution is -2.14. The van der Waals surface area contributed by atoms with Crippen LogP contribution < -0.4 is 14.8 Å². The number of aromatic nitrogens is 2. The Hall–Kier alpha value is -3.75. The minimum Gasteiger partial charge on any atom is -0.454 e. The maximum Gasteiger partial charge on any atom is 0.258 e. The molecule has 2 heterocycles. The minimum absolute atomic E-state index is 0.00652. The number of hydrogen-bond acceptors (Lipinski definition) is 5. The van der Waals surface area contributed by atoms with Gasteiger partial charge in [-0.1, -0.05) is 0 Å². The van der Waals surface area contributed by atoms with Gasteiger partial charge in [-0.25, -0.2) is 13.5 Å². The highest BCUT2D eigenvalue weighted by atomic mass is 19.1. The van der Waals surface area contributed by atoms with Gasteiger partial charge in [-0.05, 0) is 25.1 Å². The topological polar surface area (TPSA) is 82.5 Å². The summed E-state index contributed by atoms with van der Waals surface area (Å²) in [5.74, 6) is -1.53. The number of fused-ring (bicyclic) bond motifs is 1. The number of rotatable bonds is 4. The summed E-state index contributed by atoms with van der Waals surface area (Å²) in [6.45, 7) is 1.39. The number of carbonyl (C=O) groups is 2. The molecule has 1 aliphatic rings. The molecule has 0 unspecified atom stereocenters. The number of halogens is 2. The Balaban J connectivity index is 1.62. The molecule has 4 rings (SSSR count). The standard InChI is InChI=1S/C19H13F2N3O4/c1-10(25)13-5-17-18(28-9-27-17)6-15(13)23-19(26)11-7-22-24(8-11)16-3-2-12(20)4-14(16)21/h2-8H,9H2,1H3,(H,23,26). The lowest BCUT2D eigenvalue weighted by atomic mass is 10.1.